The summed E-state index contributed by atoms with van der Waals surface area (Å²) in [5.41, 5.74) is 2.63. The zero-order chi connectivity index (χ0) is 24.7. The number of alkyl halides is 3. The fourth-order valence-electron chi connectivity index (χ4n) is 3.12. The van der Waals surface area contributed by atoms with Crippen molar-refractivity contribution in [2.24, 2.45) is 0 Å². The number of nitrogens with one attached hydrogen (secondary N) is 1. The lowest BCUT2D eigenvalue weighted by Gasteiger charge is -2.22. The van der Waals surface area contributed by atoms with Gasteiger partial charge in [0.2, 0.25) is 5.91 Å². The first-order valence-electron chi connectivity index (χ1n) is 10.5. The van der Waals surface area contributed by atoms with Crippen molar-refractivity contribution < 1.29 is 27.5 Å². The summed E-state index contributed by atoms with van der Waals surface area (Å²) in [5.74, 6) is -1.47. The first kappa shape index (κ1) is 25.2. The van der Waals surface area contributed by atoms with Gasteiger partial charge in [0.1, 0.15) is 17.4 Å². The van der Waals surface area contributed by atoms with E-state index in [2.05, 4.69) is 10.3 Å². The van der Waals surface area contributed by atoms with Crippen LogP contribution in [0.5, 0.6) is 5.75 Å². The van der Waals surface area contributed by atoms with Crippen molar-refractivity contribution >= 4 is 28.8 Å². The van der Waals surface area contributed by atoms with Crippen LogP contribution in [-0.4, -0.2) is 34.4 Å². The summed E-state index contributed by atoms with van der Waals surface area (Å²) in [6.45, 7) is 3.46. The molecule has 0 saturated heterocycles. The maximum absolute atomic E-state index is 12.7. The third-order valence-corrected chi connectivity index (χ3v) is 5.69. The minimum absolute atomic E-state index is 0.0406. The van der Waals surface area contributed by atoms with Crippen LogP contribution < -0.4 is 10.1 Å². The summed E-state index contributed by atoms with van der Waals surface area (Å²) >= 11 is 1.39. The molecule has 0 saturated carbocycles. The van der Waals surface area contributed by atoms with Gasteiger partial charge in [-0.05, 0) is 43.7 Å². The number of carbonyl (C=O) groups is 2. The van der Waals surface area contributed by atoms with Crippen LogP contribution >= 0.6 is 11.3 Å². The molecule has 2 amide bonds. The normalized spacial score (nSPS) is 11.2. The predicted octanol–water partition coefficient (Wildman–Crippen LogP) is 5.12. The molecule has 1 aromatic heterocycles. The van der Waals surface area contributed by atoms with Gasteiger partial charge in [-0.3, -0.25) is 9.59 Å². The number of hydrogen-bond acceptors (Lipinski definition) is 5. The number of thiazole rings is 1. The predicted molar refractivity (Wildman–Crippen MR) is 124 cm³/mol. The van der Waals surface area contributed by atoms with Crippen molar-refractivity contribution in [2.75, 3.05) is 11.9 Å². The topological polar surface area (TPSA) is 71.5 Å². The second-order valence-corrected chi connectivity index (χ2v) is 8.52. The number of nitrogens with zero attached hydrogens (tertiary/aromatic N) is 2. The Morgan fingerprint density at radius 3 is 2.56 bits per heavy atom. The van der Waals surface area contributed by atoms with Gasteiger partial charge in [0.15, 0.2) is 0 Å². The first-order chi connectivity index (χ1) is 16.1. The number of anilines is 1. The summed E-state index contributed by atoms with van der Waals surface area (Å²) in [5, 5.41) is 5.24. The molecule has 2 aromatic carbocycles. The Morgan fingerprint density at radius 1 is 1.15 bits per heavy atom. The molecule has 0 fully saturated rings. The number of aromatic nitrogens is 1. The van der Waals surface area contributed by atoms with Gasteiger partial charge in [-0.2, -0.15) is 13.2 Å². The summed E-state index contributed by atoms with van der Waals surface area (Å²) in [7, 11) is 0. The summed E-state index contributed by atoms with van der Waals surface area (Å²) in [6.07, 6.45) is -4.89. The fraction of sp³-hybridized carbons (Fsp3) is 0.292. The Hall–Kier alpha value is -3.40. The molecule has 0 spiro atoms. The SMILES string of the molecule is CCN(Cc1cccc(NC(=O)Cc2csc(COc3ccc(C)cc3)n2)c1)C(=O)C(F)(F)F. The van der Waals surface area contributed by atoms with Gasteiger partial charge < -0.3 is 15.0 Å². The minimum atomic E-state index is -4.93. The highest BCUT2D eigenvalue weighted by Crippen LogP contribution is 2.21. The largest absolute Gasteiger partial charge is 0.486 e. The number of aryl methyl sites for hydroxylation is 1. The van der Waals surface area contributed by atoms with Gasteiger partial charge in [-0.15, -0.1) is 11.3 Å². The van der Waals surface area contributed by atoms with E-state index in [1.165, 1.54) is 18.3 Å². The number of carbonyl (C=O) groups excluding carboxylic acids is 2. The van der Waals surface area contributed by atoms with Crippen LogP contribution in [0.1, 0.15) is 28.8 Å². The maximum atomic E-state index is 12.7. The summed E-state index contributed by atoms with van der Waals surface area (Å²) in [4.78, 5) is 29.1. The second kappa shape index (κ2) is 11.1. The molecule has 0 unspecified atom stereocenters. The van der Waals surface area contributed by atoms with Crippen LogP contribution in [-0.2, 0) is 29.2 Å². The third kappa shape index (κ3) is 7.31. The van der Waals surface area contributed by atoms with E-state index >= 15 is 0 Å². The van der Waals surface area contributed by atoms with E-state index in [9.17, 15) is 22.8 Å². The van der Waals surface area contributed by atoms with Gasteiger partial charge in [-0.25, -0.2) is 4.98 Å². The van der Waals surface area contributed by atoms with Crippen molar-refractivity contribution in [3.63, 3.8) is 0 Å². The van der Waals surface area contributed by atoms with Crippen LogP contribution in [0.4, 0.5) is 18.9 Å². The van der Waals surface area contributed by atoms with E-state index in [0.717, 1.165) is 16.3 Å². The van der Waals surface area contributed by atoms with E-state index in [1.807, 2.05) is 31.2 Å². The molecule has 0 aliphatic rings. The Bertz CT molecular complexity index is 1130. The molecule has 3 rings (SSSR count). The van der Waals surface area contributed by atoms with Crippen LogP contribution in [0.3, 0.4) is 0 Å². The number of hydrogen-bond donors (Lipinski definition) is 1. The van der Waals surface area contributed by atoms with E-state index in [1.54, 1.807) is 29.6 Å². The minimum Gasteiger partial charge on any atom is -0.486 e. The molecule has 10 heteroatoms. The van der Waals surface area contributed by atoms with Gasteiger partial charge in [-0.1, -0.05) is 29.8 Å². The van der Waals surface area contributed by atoms with Crippen LogP contribution in [0.2, 0.25) is 0 Å². The highest BCUT2D eigenvalue weighted by molar-refractivity contribution is 7.09. The van der Waals surface area contributed by atoms with Crippen LogP contribution in [0.25, 0.3) is 0 Å². The molecule has 0 aliphatic carbocycles. The summed E-state index contributed by atoms with van der Waals surface area (Å²) < 4.78 is 43.9. The molecule has 6 nitrogen and oxygen atoms in total. The molecule has 0 atom stereocenters. The molecular formula is C24H24F3N3O3S. The lowest BCUT2D eigenvalue weighted by Crippen LogP contribution is -2.40. The van der Waals surface area contributed by atoms with Gasteiger partial charge >= 0.3 is 12.1 Å². The first-order valence-corrected chi connectivity index (χ1v) is 11.4. The fourth-order valence-corrected chi connectivity index (χ4v) is 3.83. The number of benzene rings is 2. The average molecular weight is 492 g/mol. The molecule has 0 aliphatic heterocycles. The lowest BCUT2D eigenvalue weighted by atomic mass is 10.1. The monoisotopic (exact) mass is 491 g/mol. The van der Waals surface area contributed by atoms with Crippen molar-refractivity contribution in [2.45, 2.75) is 39.6 Å². The molecule has 34 heavy (non-hydrogen) atoms. The number of halogens is 3. The molecule has 180 valence electrons. The Morgan fingerprint density at radius 2 is 1.88 bits per heavy atom. The van der Waals surface area contributed by atoms with Crippen LogP contribution in [0, 0.1) is 6.92 Å². The van der Waals surface area contributed by atoms with Gasteiger partial charge in [0.25, 0.3) is 0 Å². The smallest absolute Gasteiger partial charge is 0.471 e. The quantitative estimate of drug-likeness (QED) is 0.451. The van der Waals surface area contributed by atoms with E-state index < -0.39 is 12.1 Å². The zero-order valence-electron chi connectivity index (χ0n) is 18.7. The lowest BCUT2D eigenvalue weighted by molar-refractivity contribution is -0.185. The number of rotatable bonds is 9. The Balaban J connectivity index is 1.54. The van der Waals surface area contributed by atoms with Crippen molar-refractivity contribution in [3.8, 4) is 5.75 Å². The highest BCUT2D eigenvalue weighted by atomic mass is 32.1. The Labute approximate surface area is 199 Å². The summed E-state index contributed by atoms with van der Waals surface area (Å²) in [6, 6.07) is 14.1. The molecule has 0 bridgehead atoms. The van der Waals surface area contributed by atoms with E-state index in [0.29, 0.717) is 28.5 Å². The molecule has 0 radical (unpaired) electrons. The van der Waals surface area contributed by atoms with Crippen molar-refractivity contribution in [3.05, 3.63) is 75.7 Å². The number of ether oxygens (including phenoxy) is 1. The van der Waals surface area contributed by atoms with Gasteiger partial charge in [0.05, 0.1) is 12.1 Å². The van der Waals surface area contributed by atoms with E-state index in [4.69, 9.17) is 4.74 Å². The molecule has 1 heterocycles. The van der Waals surface area contributed by atoms with Crippen molar-refractivity contribution in [1.29, 1.82) is 0 Å². The van der Waals surface area contributed by atoms with Crippen LogP contribution in [0.15, 0.2) is 53.9 Å². The standard InChI is InChI=1S/C24H24F3N3O3S/c1-3-30(23(32)24(25,26)27)13-17-5-4-6-18(11-17)28-21(31)12-19-15-34-22(29-19)14-33-20-9-7-16(2)8-10-20/h4-11,15H,3,12-14H2,1-2H3,(H,28,31). The molecule has 1 N–H and O–H groups in total. The maximum Gasteiger partial charge on any atom is 0.471 e. The van der Waals surface area contributed by atoms with E-state index in [-0.39, 0.29) is 25.4 Å². The van der Waals surface area contributed by atoms with Crippen molar-refractivity contribution in [1.82, 2.24) is 9.88 Å². The van der Waals surface area contributed by atoms with Gasteiger partial charge in [0, 0.05) is 24.2 Å². The molecular weight excluding hydrogens is 467 g/mol. The number of amides is 2. The highest BCUT2D eigenvalue weighted by Gasteiger charge is 2.41. The second-order valence-electron chi connectivity index (χ2n) is 7.58. The zero-order valence-corrected chi connectivity index (χ0v) is 19.5. The molecule has 3 aromatic rings. The third-order valence-electron chi connectivity index (χ3n) is 4.82. The average Bonchev–Trinajstić information content (AvgIpc) is 3.23. The Kier molecular flexibility index (Phi) is 8.27.